The zero-order valence-electron chi connectivity index (χ0n) is 7.08. The molecule has 0 aliphatic carbocycles. The summed E-state index contributed by atoms with van der Waals surface area (Å²) in [5, 5.41) is 0. The summed E-state index contributed by atoms with van der Waals surface area (Å²) in [4.78, 5) is 0.508. The quantitative estimate of drug-likeness (QED) is 0.630. The van der Waals surface area contributed by atoms with E-state index in [2.05, 4.69) is 10.8 Å². The fraction of sp³-hybridized carbons (Fsp3) is 0. The van der Waals surface area contributed by atoms with E-state index < -0.39 is 22.2 Å². The molecule has 0 saturated heterocycles. The third kappa shape index (κ3) is 2.76. The molecular formula is C8H8O4S2. The van der Waals surface area contributed by atoms with Gasteiger partial charge in [0.25, 0.3) is 0 Å². The van der Waals surface area contributed by atoms with Gasteiger partial charge in [-0.05, 0) is 18.2 Å². The molecule has 6 heteroatoms. The minimum Gasteiger partial charge on any atom is -0.406 e. The van der Waals surface area contributed by atoms with E-state index in [1.165, 1.54) is 24.3 Å². The first kappa shape index (κ1) is 11.1. The summed E-state index contributed by atoms with van der Waals surface area (Å²) in [7, 11) is 0. The highest BCUT2D eigenvalue weighted by molar-refractivity contribution is 7.80. The van der Waals surface area contributed by atoms with Gasteiger partial charge in [-0.3, -0.25) is 0 Å². The predicted octanol–water partition coefficient (Wildman–Crippen LogP) is 1.45. The van der Waals surface area contributed by atoms with E-state index in [-0.39, 0.29) is 4.90 Å². The van der Waals surface area contributed by atoms with Crippen molar-refractivity contribution in [3.63, 3.8) is 0 Å². The van der Waals surface area contributed by atoms with Crippen LogP contribution in [0.5, 0.6) is 0 Å². The van der Waals surface area contributed by atoms with Crippen LogP contribution in [0.1, 0.15) is 0 Å². The van der Waals surface area contributed by atoms with Crippen LogP contribution >= 0.6 is 0 Å². The van der Waals surface area contributed by atoms with Crippen molar-refractivity contribution in [2.75, 3.05) is 0 Å². The first-order valence-electron chi connectivity index (χ1n) is 3.56. The summed E-state index contributed by atoms with van der Waals surface area (Å²) in [5.41, 5.74) is 0. The van der Waals surface area contributed by atoms with Crippen molar-refractivity contribution in [1.82, 2.24) is 0 Å². The van der Waals surface area contributed by atoms with Crippen LogP contribution in [-0.2, 0) is 26.3 Å². The average molecular weight is 232 g/mol. The van der Waals surface area contributed by atoms with Gasteiger partial charge in [0.1, 0.15) is 0 Å². The molecule has 0 aliphatic rings. The van der Waals surface area contributed by atoms with E-state index in [1.54, 1.807) is 0 Å². The van der Waals surface area contributed by atoms with Gasteiger partial charge >= 0.3 is 0 Å². The molecule has 1 N–H and O–H groups in total. The summed E-state index contributed by atoms with van der Waals surface area (Å²) in [6.07, 6.45) is 1.05. The van der Waals surface area contributed by atoms with E-state index in [1.807, 2.05) is 0 Å². The average Bonchev–Trinajstić information content (AvgIpc) is 2.18. The third-order valence-electron chi connectivity index (χ3n) is 1.36. The number of rotatable bonds is 4. The fourth-order valence-corrected chi connectivity index (χ4v) is 1.95. The van der Waals surface area contributed by atoms with E-state index in [4.69, 9.17) is 4.55 Å². The maximum absolute atomic E-state index is 11.3. The molecule has 0 radical (unpaired) electrons. The van der Waals surface area contributed by atoms with Gasteiger partial charge in [0.2, 0.25) is 11.1 Å². The molecule has 1 aromatic rings. The predicted molar refractivity (Wildman–Crippen MR) is 53.2 cm³/mol. The van der Waals surface area contributed by atoms with E-state index >= 15 is 0 Å². The van der Waals surface area contributed by atoms with Crippen molar-refractivity contribution in [2.45, 2.75) is 9.79 Å². The highest BCUT2D eigenvalue weighted by Crippen LogP contribution is 2.12. The highest BCUT2D eigenvalue weighted by Gasteiger charge is 2.06. The molecule has 14 heavy (non-hydrogen) atoms. The smallest absolute Gasteiger partial charge is 0.240 e. The van der Waals surface area contributed by atoms with Crippen LogP contribution in [-0.4, -0.2) is 13.0 Å². The van der Waals surface area contributed by atoms with Crippen LogP contribution in [0.4, 0.5) is 0 Å². The van der Waals surface area contributed by atoms with Gasteiger partial charge in [0.15, 0.2) is 11.1 Å². The van der Waals surface area contributed by atoms with Gasteiger partial charge in [0.05, 0.1) is 16.1 Å². The largest absolute Gasteiger partial charge is 0.406 e. The number of benzene rings is 1. The van der Waals surface area contributed by atoms with E-state index in [9.17, 15) is 8.42 Å². The first-order chi connectivity index (χ1) is 6.65. The normalized spacial score (nSPS) is 14.4. The number of hydrogen-bond donors (Lipinski definition) is 1. The van der Waals surface area contributed by atoms with Crippen LogP contribution in [0.2, 0.25) is 0 Å². The molecule has 0 fully saturated rings. The van der Waals surface area contributed by atoms with Crippen molar-refractivity contribution >= 4 is 22.2 Å². The second-order valence-electron chi connectivity index (χ2n) is 2.22. The van der Waals surface area contributed by atoms with Crippen LogP contribution in [0, 0.1) is 0 Å². The second kappa shape index (κ2) is 5.04. The molecule has 0 saturated carbocycles. The lowest BCUT2D eigenvalue weighted by Gasteiger charge is -2.00. The molecule has 2 atom stereocenters. The third-order valence-corrected chi connectivity index (χ3v) is 2.96. The lowest BCUT2D eigenvalue weighted by atomic mass is 10.4. The van der Waals surface area contributed by atoms with Crippen LogP contribution in [0.25, 0.3) is 0 Å². The van der Waals surface area contributed by atoms with Crippen molar-refractivity contribution in [3.05, 3.63) is 37.1 Å². The summed E-state index contributed by atoms with van der Waals surface area (Å²) in [5.74, 6) is 0. The Bertz CT molecular complexity index is 389. The Morgan fingerprint density at radius 2 is 2.00 bits per heavy atom. The van der Waals surface area contributed by atoms with Crippen molar-refractivity contribution in [2.24, 2.45) is 0 Å². The summed E-state index contributed by atoms with van der Waals surface area (Å²) >= 11 is -3.75. The van der Waals surface area contributed by atoms with Gasteiger partial charge in [-0.25, -0.2) is 8.42 Å². The molecule has 0 aromatic heterocycles. The minimum absolute atomic E-state index is 0.184. The maximum Gasteiger partial charge on any atom is 0.240 e. The molecule has 2 unspecified atom stereocenters. The van der Waals surface area contributed by atoms with Gasteiger partial charge < -0.3 is 8.74 Å². The van der Waals surface area contributed by atoms with Gasteiger partial charge in [0, 0.05) is 0 Å². The van der Waals surface area contributed by atoms with Crippen LogP contribution in [0.15, 0.2) is 46.9 Å². The van der Waals surface area contributed by atoms with Crippen molar-refractivity contribution < 1.29 is 17.2 Å². The Labute approximate surface area is 86.5 Å². The molecule has 0 heterocycles. The zero-order chi connectivity index (χ0) is 10.6. The van der Waals surface area contributed by atoms with E-state index in [0.717, 1.165) is 6.26 Å². The molecule has 0 bridgehead atoms. The van der Waals surface area contributed by atoms with Gasteiger partial charge in [-0.2, -0.15) is 0 Å². The first-order valence-corrected chi connectivity index (χ1v) is 5.74. The Hall–Kier alpha value is -0.980. The van der Waals surface area contributed by atoms with Crippen molar-refractivity contribution in [1.29, 1.82) is 0 Å². The van der Waals surface area contributed by atoms with Crippen LogP contribution < -0.4 is 0 Å². The summed E-state index contributed by atoms with van der Waals surface area (Å²) in [6, 6.07) is 5.87. The van der Waals surface area contributed by atoms with Gasteiger partial charge in [-0.15, -0.1) is 0 Å². The molecular weight excluding hydrogens is 224 g/mol. The van der Waals surface area contributed by atoms with Crippen molar-refractivity contribution in [3.8, 4) is 0 Å². The monoisotopic (exact) mass is 232 g/mol. The number of hydrogen-bond acceptors (Lipinski definition) is 3. The Balaban J connectivity index is 2.99. The minimum atomic E-state index is -2.08. The summed E-state index contributed by atoms with van der Waals surface area (Å²) < 4.78 is 35.3. The molecule has 4 nitrogen and oxygen atoms in total. The lowest BCUT2D eigenvalue weighted by Crippen LogP contribution is -1.95. The highest BCUT2D eigenvalue weighted by atomic mass is 32.2. The fourth-order valence-electron chi connectivity index (χ4n) is 0.804. The Morgan fingerprint density at radius 1 is 1.36 bits per heavy atom. The molecule has 1 rings (SSSR count). The Kier molecular flexibility index (Phi) is 3.99. The zero-order valence-corrected chi connectivity index (χ0v) is 8.72. The van der Waals surface area contributed by atoms with Crippen LogP contribution in [0.3, 0.4) is 0 Å². The lowest BCUT2D eigenvalue weighted by molar-refractivity contribution is 0.507. The molecule has 0 spiro atoms. The van der Waals surface area contributed by atoms with E-state index in [0.29, 0.717) is 4.90 Å². The topological polar surface area (TPSA) is 63.6 Å². The molecule has 0 amide bonds. The summed E-state index contributed by atoms with van der Waals surface area (Å²) in [6.45, 7) is 3.26. The Morgan fingerprint density at radius 3 is 2.57 bits per heavy atom. The molecule has 1 aromatic carbocycles. The standard InChI is InChI=1S/C8H8O4S2/c1-2-12-14(11)8-5-3-4-7(6-8)13(9)10/h2-6H,1H2,(H,9,10). The molecule has 0 aliphatic heterocycles. The maximum atomic E-state index is 11.3. The molecule has 76 valence electrons. The van der Waals surface area contributed by atoms with Gasteiger partial charge in [-0.1, -0.05) is 12.6 Å². The SMILES string of the molecule is C=COS(=O)c1cccc(S(=O)O)c1. The second-order valence-corrected chi connectivity index (χ2v) is 4.32.